The Bertz CT molecular complexity index is 935. The van der Waals surface area contributed by atoms with Crippen LogP contribution in [0, 0.1) is 13.8 Å². The van der Waals surface area contributed by atoms with Crippen molar-refractivity contribution < 1.29 is 18.4 Å². The van der Waals surface area contributed by atoms with Crippen molar-refractivity contribution in [2.75, 3.05) is 31.9 Å². The van der Waals surface area contributed by atoms with Gasteiger partial charge >= 0.3 is 0 Å². The molecule has 0 saturated carbocycles. The molecule has 2 aromatic carbocycles. The van der Waals surface area contributed by atoms with Gasteiger partial charge in [-0.2, -0.15) is 4.31 Å². The van der Waals surface area contributed by atoms with E-state index in [1.807, 2.05) is 23.1 Å². The fraction of sp³-hybridized carbons (Fsp3) is 0.348. The van der Waals surface area contributed by atoms with Crippen LogP contribution in [0.2, 0.25) is 0 Å². The fourth-order valence-corrected chi connectivity index (χ4v) is 4.61. The number of rotatable bonds is 6. The van der Waals surface area contributed by atoms with Crippen molar-refractivity contribution in [1.82, 2.24) is 14.7 Å². The summed E-state index contributed by atoms with van der Waals surface area (Å²) in [5, 5.41) is 9.00. The lowest BCUT2D eigenvalue weighted by atomic mass is 10.0. The standard InChI is InChI=1S/C15H21N3O4S.C8H10/c1-2-12-23(21,22)18-10-8-17(9-11-18)14(15(19)16-20)13-6-4-3-5-7-13;1-7-5-3-4-6-8(7)2/h2-7,14,20H,1,8-12H2,(H,16,19);3-6H,1-2H3. The van der Waals surface area contributed by atoms with E-state index in [1.165, 1.54) is 21.5 Å². The molecule has 8 heteroatoms. The van der Waals surface area contributed by atoms with Crippen molar-refractivity contribution in [3.05, 3.63) is 83.9 Å². The maximum atomic E-state index is 12.0. The molecule has 1 amide bonds. The molecule has 7 nitrogen and oxygen atoms in total. The molecule has 168 valence electrons. The zero-order valence-electron chi connectivity index (χ0n) is 18.1. The number of amides is 1. The average Bonchev–Trinajstić information content (AvgIpc) is 2.77. The van der Waals surface area contributed by atoms with Crippen LogP contribution in [0.5, 0.6) is 0 Å². The molecule has 3 rings (SSSR count). The second-order valence-corrected chi connectivity index (χ2v) is 9.39. The molecule has 1 fully saturated rings. The topological polar surface area (TPSA) is 90.0 Å². The first kappa shape index (κ1) is 24.7. The van der Waals surface area contributed by atoms with Crippen LogP contribution in [0.4, 0.5) is 0 Å². The molecule has 2 aromatic rings. The molecule has 1 aliphatic heterocycles. The largest absolute Gasteiger partial charge is 0.289 e. The molecule has 1 heterocycles. The normalized spacial score (nSPS) is 16.0. The Morgan fingerprint density at radius 3 is 2.00 bits per heavy atom. The van der Waals surface area contributed by atoms with Crippen molar-refractivity contribution in [3.63, 3.8) is 0 Å². The van der Waals surface area contributed by atoms with Crippen molar-refractivity contribution >= 4 is 15.9 Å². The molecular formula is C23H31N3O4S. The number of nitrogens with one attached hydrogen (secondary N) is 1. The quantitative estimate of drug-likeness (QED) is 0.405. The maximum absolute atomic E-state index is 12.0. The van der Waals surface area contributed by atoms with Gasteiger partial charge < -0.3 is 0 Å². The second-order valence-electron chi connectivity index (χ2n) is 7.38. The second kappa shape index (κ2) is 11.8. The maximum Gasteiger partial charge on any atom is 0.265 e. The molecule has 1 atom stereocenters. The van der Waals surface area contributed by atoms with Gasteiger partial charge in [0.2, 0.25) is 10.0 Å². The van der Waals surface area contributed by atoms with E-state index in [9.17, 15) is 13.2 Å². The molecule has 1 aliphatic rings. The van der Waals surface area contributed by atoms with Crippen molar-refractivity contribution in [1.29, 1.82) is 0 Å². The molecule has 2 N–H and O–H groups in total. The van der Waals surface area contributed by atoms with E-state index in [4.69, 9.17) is 5.21 Å². The highest BCUT2D eigenvalue weighted by atomic mass is 32.2. The Morgan fingerprint density at radius 2 is 1.55 bits per heavy atom. The molecule has 0 aromatic heterocycles. The van der Waals surface area contributed by atoms with Crippen molar-refractivity contribution in [2.24, 2.45) is 0 Å². The van der Waals surface area contributed by atoms with E-state index in [0.717, 1.165) is 5.56 Å². The molecule has 1 unspecified atom stereocenters. The Balaban J connectivity index is 0.000000357. The number of hydrogen-bond donors (Lipinski definition) is 2. The fourth-order valence-electron chi connectivity index (χ4n) is 3.38. The monoisotopic (exact) mass is 445 g/mol. The van der Waals surface area contributed by atoms with Crippen LogP contribution >= 0.6 is 0 Å². The third kappa shape index (κ3) is 7.00. The highest BCUT2D eigenvalue weighted by Crippen LogP contribution is 2.23. The Morgan fingerprint density at radius 1 is 1.03 bits per heavy atom. The number of hydroxylamine groups is 1. The van der Waals surface area contributed by atoms with E-state index >= 15 is 0 Å². The summed E-state index contributed by atoms with van der Waals surface area (Å²) >= 11 is 0. The molecule has 31 heavy (non-hydrogen) atoms. The zero-order valence-corrected chi connectivity index (χ0v) is 18.9. The summed E-state index contributed by atoms with van der Waals surface area (Å²) in [6.45, 7) is 9.12. The van der Waals surface area contributed by atoms with Crippen LogP contribution in [-0.2, 0) is 14.8 Å². The van der Waals surface area contributed by atoms with Crippen LogP contribution in [0.1, 0.15) is 22.7 Å². The third-order valence-corrected chi connectivity index (χ3v) is 7.07. The zero-order chi connectivity index (χ0) is 22.9. The van der Waals surface area contributed by atoms with E-state index in [1.54, 1.807) is 17.6 Å². The summed E-state index contributed by atoms with van der Waals surface area (Å²) in [5.74, 6) is -0.620. The van der Waals surface area contributed by atoms with Crippen LogP contribution in [-0.4, -0.2) is 60.7 Å². The summed E-state index contributed by atoms with van der Waals surface area (Å²) in [5.41, 5.74) is 5.18. The number of aryl methyl sites for hydroxylation is 2. The number of hydrogen-bond acceptors (Lipinski definition) is 5. The van der Waals surface area contributed by atoms with Gasteiger partial charge in [0.25, 0.3) is 5.91 Å². The molecule has 0 spiro atoms. The first-order valence-electron chi connectivity index (χ1n) is 10.1. The average molecular weight is 446 g/mol. The Kier molecular flexibility index (Phi) is 9.39. The Hall–Kier alpha value is -2.52. The van der Waals surface area contributed by atoms with E-state index < -0.39 is 22.0 Å². The predicted octanol–water partition coefficient (Wildman–Crippen LogP) is 2.67. The number of carbonyl (C=O) groups excluding carboxylic acids is 1. The van der Waals surface area contributed by atoms with E-state index in [-0.39, 0.29) is 5.75 Å². The number of benzene rings is 2. The first-order valence-corrected chi connectivity index (χ1v) is 11.7. The molecule has 0 aliphatic carbocycles. The minimum atomic E-state index is -3.33. The van der Waals surface area contributed by atoms with Gasteiger partial charge in [-0.15, -0.1) is 6.58 Å². The lowest BCUT2D eigenvalue weighted by molar-refractivity contribution is -0.135. The lowest BCUT2D eigenvalue weighted by Gasteiger charge is -2.37. The van der Waals surface area contributed by atoms with Gasteiger partial charge in [0.05, 0.1) is 5.75 Å². The van der Waals surface area contributed by atoms with Gasteiger partial charge in [-0.05, 0) is 30.5 Å². The van der Waals surface area contributed by atoms with Crippen LogP contribution in [0.15, 0.2) is 67.3 Å². The summed E-state index contributed by atoms with van der Waals surface area (Å²) in [6.07, 6.45) is 1.37. The molecule has 1 saturated heterocycles. The van der Waals surface area contributed by atoms with E-state index in [0.29, 0.717) is 26.2 Å². The van der Waals surface area contributed by atoms with Gasteiger partial charge in [0.15, 0.2) is 0 Å². The minimum absolute atomic E-state index is 0.0910. The van der Waals surface area contributed by atoms with Crippen LogP contribution < -0.4 is 5.48 Å². The highest BCUT2D eigenvalue weighted by molar-refractivity contribution is 7.89. The molecule has 0 bridgehead atoms. The van der Waals surface area contributed by atoms with E-state index in [2.05, 4.69) is 44.7 Å². The summed E-state index contributed by atoms with van der Waals surface area (Å²) in [6, 6.07) is 16.8. The van der Waals surface area contributed by atoms with Gasteiger partial charge in [0.1, 0.15) is 6.04 Å². The van der Waals surface area contributed by atoms with Gasteiger partial charge in [0, 0.05) is 26.2 Å². The van der Waals surface area contributed by atoms with Gasteiger partial charge in [-0.3, -0.25) is 14.9 Å². The summed E-state index contributed by atoms with van der Waals surface area (Å²) < 4.78 is 25.5. The number of sulfonamides is 1. The smallest absolute Gasteiger partial charge is 0.265 e. The van der Waals surface area contributed by atoms with Crippen molar-refractivity contribution in [3.8, 4) is 0 Å². The number of nitrogens with zero attached hydrogens (tertiary/aromatic N) is 2. The SMILES string of the molecule is C=CCS(=O)(=O)N1CCN(C(C(=O)NO)c2ccccc2)CC1.Cc1ccccc1C. The molecule has 0 radical (unpaired) electrons. The number of carbonyl (C=O) groups is 1. The number of piperazine rings is 1. The van der Waals surface area contributed by atoms with Crippen LogP contribution in [0.25, 0.3) is 0 Å². The minimum Gasteiger partial charge on any atom is -0.289 e. The highest BCUT2D eigenvalue weighted by Gasteiger charge is 2.33. The predicted molar refractivity (Wildman–Crippen MR) is 122 cm³/mol. The van der Waals surface area contributed by atoms with Crippen molar-refractivity contribution in [2.45, 2.75) is 19.9 Å². The Labute approximate surface area is 185 Å². The lowest BCUT2D eigenvalue weighted by Crippen LogP contribution is -2.52. The van der Waals surface area contributed by atoms with Crippen LogP contribution in [0.3, 0.4) is 0 Å². The summed E-state index contributed by atoms with van der Waals surface area (Å²) in [4.78, 5) is 13.9. The first-order chi connectivity index (χ1) is 14.8. The van der Waals surface area contributed by atoms with Gasteiger partial charge in [-0.25, -0.2) is 13.9 Å². The van der Waals surface area contributed by atoms with Gasteiger partial charge in [-0.1, -0.05) is 60.7 Å². The third-order valence-electron chi connectivity index (χ3n) is 5.26. The summed E-state index contributed by atoms with van der Waals surface area (Å²) in [7, 11) is -3.33. The molecular weight excluding hydrogens is 414 g/mol.